The number of aryl methyl sites for hydroxylation is 3. The van der Waals surface area contributed by atoms with Gasteiger partial charge in [-0.25, -0.2) is 15.0 Å². The number of hydrogen-bond acceptors (Lipinski definition) is 13. The molecule has 5 aromatic rings. The standard InChI is InChI=1S/C46H59N11O4S/c1-29-36(43(60)54-46-51-31(3)33(5)62-46)16-13-17-38(29)47-20-11-7-6-8-12-21-48-40(59)28-55-22-24-56(25-23-55)35-18-19-39(49-26-35)52-45-50-27-37-30(2)41(32(4)58)44(61)57(42(37)53-45)34-14-9-10-15-34/h13,16-19,26-27,34,47H,6-12,14-15,20-25,28H2,1-5H3,(H,48,59)(H,51,54,60)(H,49,50,52,53). The molecule has 1 saturated heterocycles. The molecule has 1 saturated carbocycles. The fraction of sp³-hybridized carbons (Fsp3) is 0.478. The Morgan fingerprint density at radius 2 is 1.58 bits per heavy atom. The van der Waals surface area contributed by atoms with Crippen LogP contribution in [0.15, 0.2) is 47.5 Å². The number of rotatable bonds is 18. The number of thiazole rings is 1. The monoisotopic (exact) mass is 861 g/mol. The highest BCUT2D eigenvalue weighted by atomic mass is 32.1. The molecule has 0 bridgehead atoms. The minimum absolute atomic E-state index is 0.00888. The largest absolute Gasteiger partial charge is 0.385 e. The predicted octanol–water partition coefficient (Wildman–Crippen LogP) is 7.49. The number of hydrogen-bond donors (Lipinski definition) is 4. The van der Waals surface area contributed by atoms with Gasteiger partial charge in [0.2, 0.25) is 11.9 Å². The van der Waals surface area contributed by atoms with Crippen LogP contribution in [0.3, 0.4) is 0 Å². The Balaban J connectivity index is 0.782. The van der Waals surface area contributed by atoms with Crippen molar-refractivity contribution in [3.63, 3.8) is 0 Å². The number of benzene rings is 1. The van der Waals surface area contributed by atoms with Gasteiger partial charge in [-0.1, -0.05) is 38.2 Å². The third kappa shape index (κ3) is 10.6. The van der Waals surface area contributed by atoms with Crippen molar-refractivity contribution in [3.8, 4) is 0 Å². The second kappa shape index (κ2) is 20.4. The molecule has 4 aromatic heterocycles. The number of anilines is 5. The second-order valence-electron chi connectivity index (χ2n) is 16.5. The molecule has 7 rings (SSSR count). The highest BCUT2D eigenvalue weighted by Crippen LogP contribution is 2.32. The molecule has 5 heterocycles. The van der Waals surface area contributed by atoms with Gasteiger partial charge < -0.3 is 20.9 Å². The van der Waals surface area contributed by atoms with Gasteiger partial charge in [-0.15, -0.1) is 11.3 Å². The first-order chi connectivity index (χ1) is 30.0. The molecule has 328 valence electrons. The van der Waals surface area contributed by atoms with Crippen LogP contribution >= 0.6 is 11.3 Å². The number of unbranched alkanes of at least 4 members (excludes halogenated alkanes) is 4. The third-order valence-corrected chi connectivity index (χ3v) is 13.1. The summed E-state index contributed by atoms with van der Waals surface area (Å²) in [6.07, 6.45) is 12.6. The highest BCUT2D eigenvalue weighted by Gasteiger charge is 2.26. The van der Waals surface area contributed by atoms with Crippen LogP contribution in [0.4, 0.5) is 28.3 Å². The number of carbonyl (C=O) groups is 3. The Morgan fingerprint density at radius 1 is 0.839 bits per heavy atom. The molecule has 4 N–H and O–H groups in total. The van der Waals surface area contributed by atoms with E-state index in [4.69, 9.17) is 4.98 Å². The first-order valence-electron chi connectivity index (χ1n) is 22.0. The van der Waals surface area contributed by atoms with E-state index in [1.165, 1.54) is 18.3 Å². The van der Waals surface area contributed by atoms with E-state index in [0.717, 1.165) is 118 Å². The summed E-state index contributed by atoms with van der Waals surface area (Å²) in [5.41, 5.74) is 5.57. The van der Waals surface area contributed by atoms with E-state index in [9.17, 15) is 19.2 Å². The number of pyridine rings is 2. The van der Waals surface area contributed by atoms with Crippen molar-refractivity contribution in [2.75, 3.05) is 66.7 Å². The molecule has 1 aromatic carbocycles. The molecule has 2 fully saturated rings. The number of ketones is 1. The van der Waals surface area contributed by atoms with Gasteiger partial charge in [-0.05, 0) is 95.7 Å². The Hall–Kier alpha value is -5.74. The first-order valence-corrected chi connectivity index (χ1v) is 22.8. The van der Waals surface area contributed by atoms with E-state index in [1.807, 2.05) is 57.3 Å². The van der Waals surface area contributed by atoms with Crippen LogP contribution in [0, 0.1) is 27.7 Å². The summed E-state index contributed by atoms with van der Waals surface area (Å²) in [7, 11) is 0. The smallest absolute Gasteiger partial charge is 0.263 e. The minimum Gasteiger partial charge on any atom is -0.385 e. The number of aromatic nitrogens is 5. The number of nitrogens with zero attached hydrogens (tertiary/aromatic N) is 7. The van der Waals surface area contributed by atoms with Gasteiger partial charge in [0, 0.05) is 73.0 Å². The molecule has 15 nitrogen and oxygen atoms in total. The lowest BCUT2D eigenvalue weighted by molar-refractivity contribution is -0.122. The first kappa shape index (κ1) is 44.3. The van der Waals surface area contributed by atoms with Crippen molar-refractivity contribution in [2.45, 2.75) is 98.4 Å². The number of carbonyl (C=O) groups excluding carboxylic acids is 3. The van der Waals surface area contributed by atoms with Crippen LogP contribution < -0.4 is 31.7 Å². The number of amides is 2. The number of Topliss-reactive ketones (excluding diaryl/α,β-unsaturated/α-hetero) is 1. The van der Waals surface area contributed by atoms with Gasteiger partial charge in [0.25, 0.3) is 11.5 Å². The quantitative estimate of drug-likeness (QED) is 0.0505. The van der Waals surface area contributed by atoms with Gasteiger partial charge in [-0.3, -0.25) is 34.0 Å². The molecule has 0 spiro atoms. The lowest BCUT2D eigenvalue weighted by Crippen LogP contribution is -2.49. The predicted molar refractivity (Wildman–Crippen MR) is 248 cm³/mol. The van der Waals surface area contributed by atoms with Crippen LogP contribution in [-0.4, -0.2) is 92.8 Å². The molecule has 1 aliphatic carbocycles. The van der Waals surface area contributed by atoms with E-state index in [0.29, 0.717) is 52.1 Å². The zero-order valence-corrected chi connectivity index (χ0v) is 37.4. The van der Waals surface area contributed by atoms with Crippen molar-refractivity contribution in [2.24, 2.45) is 0 Å². The fourth-order valence-corrected chi connectivity index (χ4v) is 9.30. The summed E-state index contributed by atoms with van der Waals surface area (Å²) in [6, 6.07) is 9.68. The van der Waals surface area contributed by atoms with Crippen LogP contribution in [0.1, 0.15) is 113 Å². The third-order valence-electron chi connectivity index (χ3n) is 12.2. The summed E-state index contributed by atoms with van der Waals surface area (Å²) in [6.45, 7) is 14.2. The van der Waals surface area contributed by atoms with Gasteiger partial charge in [-0.2, -0.15) is 4.98 Å². The maximum Gasteiger partial charge on any atom is 0.263 e. The summed E-state index contributed by atoms with van der Waals surface area (Å²) in [5, 5.41) is 14.1. The summed E-state index contributed by atoms with van der Waals surface area (Å²) in [5.74, 6) is 0.598. The Labute approximate surface area is 367 Å². The van der Waals surface area contributed by atoms with Crippen molar-refractivity contribution in [3.05, 3.63) is 85.9 Å². The second-order valence-corrected chi connectivity index (χ2v) is 17.7. The Morgan fingerprint density at radius 3 is 2.27 bits per heavy atom. The average Bonchev–Trinajstić information content (AvgIpc) is 3.89. The number of fused-ring (bicyclic) bond motifs is 1. The SMILES string of the molecule is CC(=O)c1c(C)c2cnc(Nc3ccc(N4CCN(CC(=O)NCCCCCCCNc5cccc(C(=O)Nc6nc(C)c(C)s6)c5C)CC4)cn3)nc2n(C2CCCC2)c1=O. The maximum absolute atomic E-state index is 13.6. The number of piperazine rings is 1. The topological polar surface area (TPSA) is 179 Å². The van der Waals surface area contributed by atoms with E-state index in [1.54, 1.807) is 17.7 Å². The van der Waals surface area contributed by atoms with Gasteiger partial charge >= 0.3 is 0 Å². The zero-order chi connectivity index (χ0) is 43.8. The molecule has 62 heavy (non-hydrogen) atoms. The van der Waals surface area contributed by atoms with E-state index < -0.39 is 0 Å². The molecular formula is C46H59N11O4S. The molecule has 2 aliphatic rings. The van der Waals surface area contributed by atoms with Gasteiger partial charge in [0.1, 0.15) is 11.5 Å². The molecule has 0 unspecified atom stereocenters. The maximum atomic E-state index is 13.6. The Kier molecular flexibility index (Phi) is 14.6. The van der Waals surface area contributed by atoms with Crippen molar-refractivity contribution < 1.29 is 14.4 Å². The Bertz CT molecular complexity index is 2430. The van der Waals surface area contributed by atoms with E-state index in [2.05, 4.69) is 46.0 Å². The van der Waals surface area contributed by atoms with Gasteiger partial charge in [0.05, 0.1) is 29.7 Å². The van der Waals surface area contributed by atoms with Crippen molar-refractivity contribution in [1.82, 2.24) is 34.7 Å². The lowest BCUT2D eigenvalue weighted by Gasteiger charge is -2.35. The lowest BCUT2D eigenvalue weighted by atomic mass is 10.0. The van der Waals surface area contributed by atoms with Crippen molar-refractivity contribution in [1.29, 1.82) is 0 Å². The summed E-state index contributed by atoms with van der Waals surface area (Å²) in [4.78, 5) is 75.6. The van der Waals surface area contributed by atoms with Crippen LogP contribution in [-0.2, 0) is 4.79 Å². The highest BCUT2D eigenvalue weighted by molar-refractivity contribution is 7.15. The molecular weight excluding hydrogens is 803 g/mol. The van der Waals surface area contributed by atoms with Crippen molar-refractivity contribution >= 4 is 68.2 Å². The average molecular weight is 862 g/mol. The molecule has 0 radical (unpaired) electrons. The van der Waals surface area contributed by atoms with Crippen LogP contribution in [0.2, 0.25) is 0 Å². The van der Waals surface area contributed by atoms with Gasteiger partial charge in [0.15, 0.2) is 10.9 Å². The van der Waals surface area contributed by atoms with Crippen LogP contribution in [0.5, 0.6) is 0 Å². The number of nitrogens with one attached hydrogen (secondary N) is 4. The normalized spacial score (nSPS) is 14.6. The molecule has 2 amide bonds. The van der Waals surface area contributed by atoms with E-state index >= 15 is 0 Å². The minimum atomic E-state index is -0.275. The van der Waals surface area contributed by atoms with Crippen LogP contribution in [0.25, 0.3) is 11.0 Å². The summed E-state index contributed by atoms with van der Waals surface area (Å²) < 4.78 is 1.71. The molecule has 16 heteroatoms. The molecule has 1 aliphatic heterocycles. The fourth-order valence-electron chi connectivity index (χ4n) is 8.49. The van der Waals surface area contributed by atoms with E-state index in [-0.39, 0.29) is 34.8 Å². The zero-order valence-electron chi connectivity index (χ0n) is 36.6. The molecule has 0 atom stereocenters. The summed E-state index contributed by atoms with van der Waals surface area (Å²) >= 11 is 1.49.